The van der Waals surface area contributed by atoms with Crippen molar-refractivity contribution in [2.45, 2.75) is 353 Å². The minimum Gasteiger partial charge on any atom is -0.399 e. The van der Waals surface area contributed by atoms with Gasteiger partial charge >= 0.3 is 24.7 Å². The molecule has 0 fully saturated rings. The van der Waals surface area contributed by atoms with Crippen molar-refractivity contribution in [3.8, 4) is 0 Å². The normalized spacial score (nSPS) is 14.9. The van der Waals surface area contributed by atoms with Gasteiger partial charge in [0.1, 0.15) is 33.5 Å². The number of hydrogen-bond acceptors (Lipinski definition) is 10. The fraction of sp³-hybridized carbons (Fsp3) is 0.613. The largest absolute Gasteiger partial charge is 0.399 e. The van der Waals surface area contributed by atoms with Crippen molar-refractivity contribution in [3.05, 3.63) is 140 Å². The Morgan fingerprint density at radius 1 is 0.226 bits per heavy atom. The lowest BCUT2D eigenvalue weighted by molar-refractivity contribution is 0.104. The van der Waals surface area contributed by atoms with Crippen LogP contribution in [0.3, 0.4) is 0 Å². The molecule has 0 saturated carbocycles. The summed E-state index contributed by atoms with van der Waals surface area (Å²) in [6.45, 7) is 90.0. The zero-order valence-electron chi connectivity index (χ0n) is 73.2. The predicted molar refractivity (Wildman–Crippen MR) is 458 cm³/mol. The molecule has 13 heteroatoms. The minimum absolute atomic E-state index is 0.152. The van der Waals surface area contributed by atoms with Gasteiger partial charge in [0, 0.05) is 85.3 Å². The van der Waals surface area contributed by atoms with Crippen molar-refractivity contribution in [1.29, 1.82) is 0 Å². The quantitative estimate of drug-likeness (QED) is 0.117. The van der Waals surface area contributed by atoms with E-state index < -0.39 is 43.0 Å². The number of hydrogen-bond donors (Lipinski definition) is 0. The highest BCUT2D eigenvalue weighted by Gasteiger charge is 2.36. The highest BCUT2D eigenvalue weighted by Crippen LogP contribution is 2.51. The first kappa shape index (κ1) is 84.9. The van der Waals surface area contributed by atoms with E-state index in [1.807, 2.05) is 0 Å². The first-order valence-corrected chi connectivity index (χ1v) is 42.4. The second-order valence-corrected chi connectivity index (χ2v) is 46.7. The summed E-state index contributed by atoms with van der Waals surface area (Å²) in [5, 5.41) is 6.15. The van der Waals surface area contributed by atoms with Crippen LogP contribution in [0, 0.1) is 0 Å². The van der Waals surface area contributed by atoms with Crippen LogP contribution in [0.1, 0.15) is 337 Å². The van der Waals surface area contributed by atoms with Crippen LogP contribution in [0.4, 0.5) is 0 Å². The highest BCUT2D eigenvalue weighted by atomic mass is 31.1. The van der Waals surface area contributed by atoms with Gasteiger partial charge in [0.15, 0.2) is 0 Å². The zero-order chi connectivity index (χ0) is 79.9. The second kappa shape index (κ2) is 28.9. The van der Waals surface area contributed by atoms with Gasteiger partial charge in [0.05, 0.1) is 18.3 Å². The summed E-state index contributed by atoms with van der Waals surface area (Å²) in [5.41, 5.74) is 16.2. The van der Waals surface area contributed by atoms with E-state index in [4.69, 9.17) is 38.8 Å². The van der Waals surface area contributed by atoms with Crippen LogP contribution < -0.4 is 13.6 Å². The molecule has 9 aromatic rings. The Labute approximate surface area is 642 Å². The Bertz CT molecular complexity index is 4120. The van der Waals surface area contributed by atoms with Crippen molar-refractivity contribution in [3.63, 3.8) is 0 Å². The molecule has 0 amide bonds. The van der Waals surface area contributed by atoms with Crippen molar-refractivity contribution in [2.75, 3.05) is 19.6 Å². The SMILES string of the molecule is C[C@@H](CN(C[C@H](C)Op1oc2c(C(C)(C)C)cc(C(C)(C)C)cc2c2cc(C(C)(C)C)cc(C(C)(C)C)c2o1)C[C@H](C)Op1oc2c(C(C)(C)C)cc(C(C)(C)C)cc2c2cc(C(C)(C)C)cc(C(C)(C)C)c2o1)Op1oc2c(C(C)(C)C)cc(C(C)(C)C)cc2c2cc(C(C)(C)C)cc(C(C)(C)C)c2o1. The summed E-state index contributed by atoms with van der Waals surface area (Å²) in [6, 6.07) is 28.2. The molecule has 6 aromatic carbocycles. The van der Waals surface area contributed by atoms with E-state index in [1.165, 1.54) is 33.4 Å². The first-order chi connectivity index (χ1) is 47.8. The molecule has 10 nitrogen and oxygen atoms in total. The third-order valence-corrected chi connectivity index (χ3v) is 24.4. The van der Waals surface area contributed by atoms with Crippen LogP contribution in [0.15, 0.2) is 98.0 Å². The minimum atomic E-state index is -2.07. The van der Waals surface area contributed by atoms with E-state index in [0.717, 1.165) is 99.2 Å². The molecule has 0 unspecified atom stereocenters. The average molecular weight is 1510 g/mol. The molecule has 0 N–H and O–H groups in total. The van der Waals surface area contributed by atoms with Gasteiger partial charge in [-0.2, -0.15) is 0 Å². The van der Waals surface area contributed by atoms with Crippen molar-refractivity contribution >= 4 is 90.5 Å². The molecule has 3 aromatic heterocycles. The smallest absolute Gasteiger partial charge is 0.387 e. The lowest BCUT2D eigenvalue weighted by atomic mass is 9.77. The third-order valence-electron chi connectivity index (χ3n) is 20.8. The lowest BCUT2D eigenvalue weighted by Crippen LogP contribution is -2.43. The summed E-state index contributed by atoms with van der Waals surface area (Å²) >= 11 is 0. The molecule has 0 aliphatic rings. The van der Waals surface area contributed by atoms with Crippen molar-refractivity contribution in [2.24, 2.45) is 0 Å². The third kappa shape index (κ3) is 19.1. The van der Waals surface area contributed by atoms with Gasteiger partial charge in [-0.15, -0.1) is 0 Å². The summed E-state index contributed by atoms with van der Waals surface area (Å²) in [5.74, 6) is 0. The van der Waals surface area contributed by atoms with Crippen molar-refractivity contribution < 1.29 is 38.8 Å². The maximum Gasteiger partial charge on any atom is 0.387 e. The first-order valence-electron chi connectivity index (χ1n) is 39.2. The number of fused-ring (bicyclic) bond motifs is 9. The van der Waals surface area contributed by atoms with E-state index in [1.54, 1.807) is 0 Å². The van der Waals surface area contributed by atoms with Crippen LogP contribution in [-0.4, -0.2) is 42.8 Å². The summed E-state index contributed by atoms with van der Waals surface area (Å²) < 4.78 is 66.9. The summed E-state index contributed by atoms with van der Waals surface area (Å²) in [4.78, 5) is 2.39. The standard InChI is InChI=1S/C93H138NO9P3/c1-55(95-104-98-76-64(40-58(82(4,5)6)46-70(76)88(22,23)24)65-41-59(83(7,8)9)47-71(77(65)99-104)89(25,26)27)52-94(53-56(2)96-105-100-78-66(42-60(84(10,11)12)48-72(78)90(28,29)30)67-43-61(85(13,14)15)49-73(79(67)101-105)91(31,32)33)54-57(3)97-106-102-80-68(44-62(86(16,17)18)50-74(80)92(34,35)36)69-45-63(87(19,20)21)51-75(81(69)103-106)93(37,38)39/h40-51,55-57H,52-54H2,1-39H3/t55-,56-,57-/m0/s1. The zero-order valence-corrected chi connectivity index (χ0v) is 75.9. The second-order valence-electron chi connectivity index (χ2n) is 43.6. The molecular formula is C93H138NO9P3. The molecule has 3 atom stereocenters. The van der Waals surface area contributed by atoms with Crippen LogP contribution in [-0.2, 0) is 65.0 Å². The van der Waals surface area contributed by atoms with E-state index in [9.17, 15) is 0 Å². The van der Waals surface area contributed by atoms with Gasteiger partial charge < -0.3 is 25.2 Å². The van der Waals surface area contributed by atoms with Crippen LogP contribution in [0.2, 0.25) is 0 Å². The Morgan fingerprint density at radius 3 is 0.472 bits per heavy atom. The van der Waals surface area contributed by atoms with Crippen molar-refractivity contribution in [1.82, 2.24) is 4.90 Å². The molecule has 9 rings (SSSR count). The average Bonchev–Trinajstić information content (AvgIpc) is 1.48. The molecule has 0 spiro atoms. The lowest BCUT2D eigenvalue weighted by Gasteiger charge is -2.29. The van der Waals surface area contributed by atoms with E-state index in [0.29, 0.717) is 19.6 Å². The molecule has 0 aliphatic heterocycles. The molecule has 0 bridgehead atoms. The summed E-state index contributed by atoms with van der Waals surface area (Å²) in [7, 11) is -6.21. The maximum atomic E-state index is 7.44. The molecule has 584 valence electrons. The number of nitrogens with zero attached hydrogens (tertiary/aromatic N) is 1. The maximum absolute atomic E-state index is 7.44. The number of benzene rings is 6. The molecule has 106 heavy (non-hydrogen) atoms. The van der Waals surface area contributed by atoms with Crippen LogP contribution in [0.25, 0.3) is 65.8 Å². The fourth-order valence-corrected chi connectivity index (χ4v) is 17.5. The highest BCUT2D eigenvalue weighted by molar-refractivity contribution is 7.32. The van der Waals surface area contributed by atoms with E-state index in [-0.39, 0.29) is 65.0 Å². The van der Waals surface area contributed by atoms with Gasteiger partial charge in [0.2, 0.25) is 0 Å². The summed E-state index contributed by atoms with van der Waals surface area (Å²) in [6.07, 6.45) is -1.35. The Balaban J connectivity index is 1.27. The topological polar surface area (TPSA) is 110 Å². The Hall–Kier alpha value is -5.14. The van der Waals surface area contributed by atoms with Gasteiger partial charge in [0.25, 0.3) is 0 Å². The van der Waals surface area contributed by atoms with Crippen LogP contribution in [0.5, 0.6) is 0 Å². The molecular weight excluding hydrogens is 1370 g/mol. The van der Waals surface area contributed by atoms with Gasteiger partial charge in [-0.05, 0) is 156 Å². The predicted octanol–water partition coefficient (Wildman–Crippen LogP) is 29.2. The molecule has 0 aliphatic carbocycles. The van der Waals surface area contributed by atoms with Crippen LogP contribution >= 0.6 is 24.7 Å². The Kier molecular flexibility index (Phi) is 23.1. The van der Waals surface area contributed by atoms with E-state index in [2.05, 4.69) is 348 Å². The van der Waals surface area contributed by atoms with Gasteiger partial charge in [-0.3, -0.25) is 18.5 Å². The fourth-order valence-electron chi connectivity index (χ4n) is 14.0. The monoisotopic (exact) mass is 1510 g/mol. The Morgan fingerprint density at radius 2 is 0.358 bits per heavy atom. The number of rotatable bonds is 12. The van der Waals surface area contributed by atoms with E-state index >= 15 is 0 Å². The van der Waals surface area contributed by atoms with Gasteiger partial charge in [-0.25, -0.2) is 0 Å². The molecule has 0 radical (unpaired) electrons. The molecule has 0 saturated heterocycles. The van der Waals surface area contributed by atoms with Gasteiger partial charge in [-0.1, -0.05) is 286 Å². The molecule has 3 heterocycles.